The standard InChI is InChI=1S/C15H18N4O/c1-19(13-7-8-13)15(16)17-10-12-9-14(20-18-12)11-5-3-2-4-6-11/h2-6,9,13H,7-8,10H2,1H3,(H2,16,17). The van der Waals surface area contributed by atoms with Gasteiger partial charge in [-0.05, 0) is 12.8 Å². The predicted molar refractivity (Wildman–Crippen MR) is 78.1 cm³/mol. The Kier molecular flexibility index (Phi) is 3.41. The molecule has 0 radical (unpaired) electrons. The summed E-state index contributed by atoms with van der Waals surface area (Å²) in [6.07, 6.45) is 2.41. The first-order valence-electron chi connectivity index (χ1n) is 6.78. The fourth-order valence-corrected chi connectivity index (χ4v) is 2.05. The summed E-state index contributed by atoms with van der Waals surface area (Å²) < 4.78 is 5.33. The second-order valence-electron chi connectivity index (χ2n) is 5.07. The molecule has 0 atom stereocenters. The summed E-state index contributed by atoms with van der Waals surface area (Å²) in [6, 6.07) is 12.4. The molecule has 2 aromatic rings. The van der Waals surface area contributed by atoms with Crippen LogP contribution in [0, 0.1) is 0 Å². The number of aliphatic imine (C=N–C) groups is 1. The molecule has 0 saturated heterocycles. The molecule has 1 aromatic carbocycles. The van der Waals surface area contributed by atoms with Gasteiger partial charge in [0.2, 0.25) is 0 Å². The van der Waals surface area contributed by atoms with Crippen LogP contribution in [0.4, 0.5) is 0 Å². The molecule has 0 spiro atoms. The van der Waals surface area contributed by atoms with Crippen molar-refractivity contribution in [3.05, 3.63) is 42.1 Å². The molecule has 0 bridgehead atoms. The summed E-state index contributed by atoms with van der Waals surface area (Å²) in [5, 5.41) is 4.03. The van der Waals surface area contributed by atoms with Crippen LogP contribution >= 0.6 is 0 Å². The summed E-state index contributed by atoms with van der Waals surface area (Å²) in [5.74, 6) is 1.32. The Morgan fingerprint density at radius 1 is 1.40 bits per heavy atom. The minimum absolute atomic E-state index is 0.444. The van der Waals surface area contributed by atoms with Gasteiger partial charge in [0.05, 0.1) is 6.54 Å². The third-order valence-corrected chi connectivity index (χ3v) is 3.48. The molecule has 3 rings (SSSR count). The van der Waals surface area contributed by atoms with Crippen LogP contribution in [-0.2, 0) is 6.54 Å². The first kappa shape index (κ1) is 12.7. The molecular formula is C15H18N4O. The molecule has 1 aromatic heterocycles. The highest BCUT2D eigenvalue weighted by molar-refractivity contribution is 5.78. The van der Waals surface area contributed by atoms with E-state index in [-0.39, 0.29) is 0 Å². The lowest BCUT2D eigenvalue weighted by atomic mass is 10.2. The molecule has 2 N–H and O–H groups in total. The molecule has 1 fully saturated rings. The smallest absolute Gasteiger partial charge is 0.191 e. The van der Waals surface area contributed by atoms with E-state index < -0.39 is 0 Å². The molecule has 20 heavy (non-hydrogen) atoms. The van der Waals surface area contributed by atoms with Crippen molar-refractivity contribution in [1.29, 1.82) is 0 Å². The van der Waals surface area contributed by atoms with E-state index in [4.69, 9.17) is 10.3 Å². The van der Waals surface area contributed by atoms with E-state index in [0.717, 1.165) is 17.0 Å². The predicted octanol–water partition coefficient (Wildman–Crippen LogP) is 2.25. The van der Waals surface area contributed by atoms with E-state index in [1.165, 1.54) is 12.8 Å². The average molecular weight is 270 g/mol. The third-order valence-electron chi connectivity index (χ3n) is 3.48. The summed E-state index contributed by atoms with van der Waals surface area (Å²) in [6.45, 7) is 0.444. The number of hydrogen-bond donors (Lipinski definition) is 1. The Balaban J connectivity index is 1.67. The average Bonchev–Trinajstić information content (AvgIpc) is 3.23. The number of hydrogen-bond acceptors (Lipinski definition) is 3. The van der Waals surface area contributed by atoms with Gasteiger partial charge in [-0.2, -0.15) is 0 Å². The zero-order chi connectivity index (χ0) is 13.9. The lowest BCUT2D eigenvalue weighted by Crippen LogP contribution is -2.35. The minimum Gasteiger partial charge on any atom is -0.370 e. The largest absolute Gasteiger partial charge is 0.370 e. The molecule has 0 aliphatic heterocycles. The zero-order valence-electron chi connectivity index (χ0n) is 11.5. The fraction of sp³-hybridized carbons (Fsp3) is 0.333. The van der Waals surface area contributed by atoms with Crippen molar-refractivity contribution < 1.29 is 4.52 Å². The molecule has 1 heterocycles. The fourth-order valence-electron chi connectivity index (χ4n) is 2.05. The van der Waals surface area contributed by atoms with E-state index >= 15 is 0 Å². The van der Waals surface area contributed by atoms with Gasteiger partial charge in [0, 0.05) is 24.7 Å². The SMILES string of the molecule is CN(C(N)=NCc1cc(-c2ccccc2)on1)C1CC1. The quantitative estimate of drug-likeness (QED) is 0.683. The van der Waals surface area contributed by atoms with E-state index in [1.807, 2.05) is 48.3 Å². The highest BCUT2D eigenvalue weighted by Crippen LogP contribution is 2.25. The molecule has 5 heteroatoms. The van der Waals surface area contributed by atoms with Gasteiger partial charge in [-0.25, -0.2) is 4.99 Å². The van der Waals surface area contributed by atoms with E-state index in [9.17, 15) is 0 Å². The number of nitrogens with zero attached hydrogens (tertiary/aromatic N) is 3. The van der Waals surface area contributed by atoms with Crippen LogP contribution in [0.15, 0.2) is 45.9 Å². The van der Waals surface area contributed by atoms with Gasteiger partial charge in [0.1, 0.15) is 5.69 Å². The molecule has 5 nitrogen and oxygen atoms in total. The van der Waals surface area contributed by atoms with Gasteiger partial charge >= 0.3 is 0 Å². The number of nitrogens with two attached hydrogens (primary N) is 1. The Morgan fingerprint density at radius 3 is 2.85 bits per heavy atom. The van der Waals surface area contributed by atoms with Gasteiger partial charge < -0.3 is 15.2 Å². The lowest BCUT2D eigenvalue weighted by molar-refractivity contribution is 0.423. The van der Waals surface area contributed by atoms with Gasteiger partial charge in [-0.1, -0.05) is 35.5 Å². The van der Waals surface area contributed by atoms with Crippen LogP contribution in [0.1, 0.15) is 18.5 Å². The maximum atomic E-state index is 5.94. The number of aromatic nitrogens is 1. The number of guanidine groups is 1. The summed E-state index contributed by atoms with van der Waals surface area (Å²) in [4.78, 5) is 6.39. The maximum Gasteiger partial charge on any atom is 0.191 e. The molecule has 1 aliphatic rings. The van der Waals surface area contributed by atoms with Gasteiger partial charge in [-0.15, -0.1) is 0 Å². The Hall–Kier alpha value is -2.30. The molecule has 1 aliphatic carbocycles. The first-order valence-corrected chi connectivity index (χ1v) is 6.78. The highest BCUT2D eigenvalue weighted by atomic mass is 16.5. The highest BCUT2D eigenvalue weighted by Gasteiger charge is 2.27. The van der Waals surface area contributed by atoms with Crippen LogP contribution in [-0.4, -0.2) is 29.1 Å². The van der Waals surface area contributed by atoms with Crippen LogP contribution < -0.4 is 5.73 Å². The van der Waals surface area contributed by atoms with E-state index in [1.54, 1.807) is 0 Å². The molecular weight excluding hydrogens is 252 g/mol. The topological polar surface area (TPSA) is 67.7 Å². The van der Waals surface area contributed by atoms with Crippen molar-refractivity contribution in [3.63, 3.8) is 0 Å². The Morgan fingerprint density at radius 2 is 2.15 bits per heavy atom. The maximum absolute atomic E-state index is 5.94. The van der Waals surface area contributed by atoms with E-state index in [0.29, 0.717) is 18.5 Å². The van der Waals surface area contributed by atoms with Crippen molar-refractivity contribution in [3.8, 4) is 11.3 Å². The number of benzene rings is 1. The van der Waals surface area contributed by atoms with Crippen molar-refractivity contribution >= 4 is 5.96 Å². The van der Waals surface area contributed by atoms with Crippen molar-refractivity contribution in [1.82, 2.24) is 10.1 Å². The normalized spacial score (nSPS) is 15.3. The van der Waals surface area contributed by atoms with Crippen molar-refractivity contribution in [2.45, 2.75) is 25.4 Å². The molecule has 0 amide bonds. The van der Waals surface area contributed by atoms with Gasteiger partial charge in [0.25, 0.3) is 0 Å². The first-order chi connectivity index (χ1) is 9.74. The van der Waals surface area contributed by atoms with Crippen molar-refractivity contribution in [2.75, 3.05) is 7.05 Å². The second kappa shape index (κ2) is 5.36. The molecule has 1 saturated carbocycles. The van der Waals surface area contributed by atoms with Crippen LogP contribution in [0.25, 0.3) is 11.3 Å². The van der Waals surface area contributed by atoms with Crippen molar-refractivity contribution in [2.24, 2.45) is 10.7 Å². The summed E-state index contributed by atoms with van der Waals surface area (Å²) in [5.41, 5.74) is 7.74. The van der Waals surface area contributed by atoms with Gasteiger partial charge in [0.15, 0.2) is 11.7 Å². The summed E-state index contributed by atoms with van der Waals surface area (Å²) >= 11 is 0. The third kappa shape index (κ3) is 2.82. The van der Waals surface area contributed by atoms with E-state index in [2.05, 4.69) is 10.1 Å². The van der Waals surface area contributed by atoms with Gasteiger partial charge in [-0.3, -0.25) is 0 Å². The zero-order valence-corrected chi connectivity index (χ0v) is 11.5. The lowest BCUT2D eigenvalue weighted by Gasteiger charge is -2.16. The van der Waals surface area contributed by atoms with Crippen LogP contribution in [0.2, 0.25) is 0 Å². The summed E-state index contributed by atoms with van der Waals surface area (Å²) in [7, 11) is 1.98. The monoisotopic (exact) mass is 270 g/mol. The second-order valence-corrected chi connectivity index (χ2v) is 5.07. The Labute approximate surface area is 118 Å². The molecule has 0 unspecified atom stereocenters. The van der Waals surface area contributed by atoms with Crippen LogP contribution in [0.5, 0.6) is 0 Å². The Bertz CT molecular complexity index is 601. The molecule has 104 valence electrons. The number of rotatable bonds is 4. The minimum atomic E-state index is 0.444. The van der Waals surface area contributed by atoms with Crippen LogP contribution in [0.3, 0.4) is 0 Å².